The quantitative estimate of drug-likeness (QED) is 0.436. The van der Waals surface area contributed by atoms with Gasteiger partial charge >= 0.3 is 5.97 Å². The summed E-state index contributed by atoms with van der Waals surface area (Å²) >= 11 is 1.34. The number of nitrogens with one attached hydrogen (secondary N) is 1. The number of esters is 1. The number of carbonyl (C=O) groups is 2. The molecule has 3 heterocycles. The van der Waals surface area contributed by atoms with Crippen LogP contribution in [0.2, 0.25) is 0 Å². The molecule has 0 spiro atoms. The van der Waals surface area contributed by atoms with E-state index in [4.69, 9.17) is 14.2 Å². The summed E-state index contributed by atoms with van der Waals surface area (Å²) in [7, 11) is 1.54. The summed E-state index contributed by atoms with van der Waals surface area (Å²) in [5, 5.41) is 22.9. The Labute approximate surface area is 195 Å². The molecule has 10 heteroatoms. The number of hydrogen-bond acceptors (Lipinski definition) is 9. The van der Waals surface area contributed by atoms with E-state index < -0.39 is 5.97 Å². The fourth-order valence-electron chi connectivity index (χ4n) is 4.09. The first kappa shape index (κ1) is 23.2. The van der Waals surface area contributed by atoms with Crippen molar-refractivity contribution in [2.75, 3.05) is 19.0 Å². The number of carbonyl (C=O) groups excluding carboxylic acids is 2. The SMILES string of the molecule is COc1c(C)c2c(c(O)c1C/C=C(\C)CCC(=O)Nc1nnc([C@@H]3CCCO3)s1)C(=O)OC2. The highest BCUT2D eigenvalue weighted by molar-refractivity contribution is 7.15. The van der Waals surface area contributed by atoms with Gasteiger partial charge in [0, 0.05) is 24.2 Å². The number of anilines is 1. The number of fused-ring (bicyclic) bond motifs is 1. The van der Waals surface area contributed by atoms with Crippen molar-refractivity contribution in [2.45, 2.75) is 58.7 Å². The van der Waals surface area contributed by atoms with Crippen molar-refractivity contribution in [2.24, 2.45) is 0 Å². The van der Waals surface area contributed by atoms with Gasteiger partial charge < -0.3 is 24.6 Å². The highest BCUT2D eigenvalue weighted by atomic mass is 32.1. The van der Waals surface area contributed by atoms with Crippen LogP contribution in [0.3, 0.4) is 0 Å². The van der Waals surface area contributed by atoms with E-state index in [2.05, 4.69) is 15.5 Å². The van der Waals surface area contributed by atoms with Gasteiger partial charge in [0.2, 0.25) is 11.0 Å². The first-order chi connectivity index (χ1) is 15.9. The number of allylic oxidation sites excluding steroid dienone is 2. The molecule has 0 aliphatic carbocycles. The molecule has 0 unspecified atom stereocenters. The Morgan fingerprint density at radius 2 is 2.18 bits per heavy atom. The molecular weight excluding hydrogens is 446 g/mol. The van der Waals surface area contributed by atoms with E-state index in [-0.39, 0.29) is 36.4 Å². The van der Waals surface area contributed by atoms with E-state index in [9.17, 15) is 14.7 Å². The average Bonchev–Trinajstić information content (AvgIpc) is 3.55. The number of aromatic hydroxyl groups is 1. The Morgan fingerprint density at radius 1 is 1.36 bits per heavy atom. The lowest BCUT2D eigenvalue weighted by atomic mass is 9.94. The number of ether oxygens (including phenoxy) is 3. The van der Waals surface area contributed by atoms with Gasteiger partial charge in [-0.3, -0.25) is 4.79 Å². The maximum absolute atomic E-state index is 12.3. The number of phenols is 1. The smallest absolute Gasteiger partial charge is 0.342 e. The average molecular weight is 474 g/mol. The first-order valence-electron chi connectivity index (χ1n) is 10.9. The Hall–Kier alpha value is -2.98. The summed E-state index contributed by atoms with van der Waals surface area (Å²) in [6.45, 7) is 4.64. The van der Waals surface area contributed by atoms with Gasteiger partial charge in [-0.05, 0) is 45.1 Å². The summed E-state index contributed by atoms with van der Waals surface area (Å²) < 4.78 is 16.2. The second-order valence-electron chi connectivity index (χ2n) is 8.16. The van der Waals surface area contributed by atoms with Crippen LogP contribution < -0.4 is 10.1 Å². The van der Waals surface area contributed by atoms with Gasteiger partial charge in [-0.25, -0.2) is 4.79 Å². The van der Waals surface area contributed by atoms with Crippen LogP contribution in [0.15, 0.2) is 11.6 Å². The number of aromatic nitrogens is 2. The molecule has 33 heavy (non-hydrogen) atoms. The van der Waals surface area contributed by atoms with E-state index in [1.807, 2.05) is 19.9 Å². The lowest BCUT2D eigenvalue weighted by Crippen LogP contribution is -2.11. The predicted octanol–water partition coefficient (Wildman–Crippen LogP) is 3.99. The van der Waals surface area contributed by atoms with Gasteiger partial charge in [-0.2, -0.15) is 0 Å². The van der Waals surface area contributed by atoms with Crippen LogP contribution in [0, 0.1) is 6.92 Å². The van der Waals surface area contributed by atoms with E-state index in [0.717, 1.165) is 35.6 Å². The molecule has 1 aromatic carbocycles. The normalized spacial score (nSPS) is 17.7. The van der Waals surface area contributed by atoms with Crippen molar-refractivity contribution in [1.82, 2.24) is 10.2 Å². The number of hydrogen-bond donors (Lipinski definition) is 2. The Balaban J connectivity index is 1.36. The fraction of sp³-hybridized carbons (Fsp3) is 0.478. The molecule has 2 aliphatic heterocycles. The second kappa shape index (κ2) is 9.88. The van der Waals surface area contributed by atoms with Crippen LogP contribution in [0.25, 0.3) is 0 Å². The van der Waals surface area contributed by atoms with Crippen LogP contribution in [0.5, 0.6) is 11.5 Å². The van der Waals surface area contributed by atoms with Crippen LogP contribution in [-0.2, 0) is 27.3 Å². The summed E-state index contributed by atoms with van der Waals surface area (Å²) in [5.74, 6) is -0.222. The van der Waals surface area contributed by atoms with Crippen molar-refractivity contribution >= 4 is 28.3 Å². The zero-order valence-corrected chi connectivity index (χ0v) is 19.7. The molecule has 2 N–H and O–H groups in total. The summed E-state index contributed by atoms with van der Waals surface area (Å²) in [6, 6.07) is 0. The van der Waals surface area contributed by atoms with Gasteiger partial charge in [-0.15, -0.1) is 10.2 Å². The summed E-state index contributed by atoms with van der Waals surface area (Å²) in [5.41, 5.74) is 3.18. The first-order valence-corrected chi connectivity index (χ1v) is 11.7. The molecule has 1 atom stereocenters. The number of methoxy groups -OCH3 is 1. The molecule has 1 fully saturated rings. The molecule has 0 bridgehead atoms. The monoisotopic (exact) mass is 473 g/mol. The molecular formula is C23H27N3O6S. The molecule has 0 radical (unpaired) electrons. The molecule has 0 saturated carbocycles. The van der Waals surface area contributed by atoms with E-state index >= 15 is 0 Å². The topological polar surface area (TPSA) is 120 Å². The van der Waals surface area contributed by atoms with Crippen LogP contribution in [-0.4, -0.2) is 40.9 Å². The van der Waals surface area contributed by atoms with Crippen molar-refractivity contribution in [3.05, 3.63) is 38.9 Å². The number of nitrogens with zero attached hydrogens (tertiary/aromatic N) is 2. The van der Waals surface area contributed by atoms with Gasteiger partial charge in [-0.1, -0.05) is 23.0 Å². The zero-order valence-electron chi connectivity index (χ0n) is 18.9. The molecule has 1 amide bonds. The van der Waals surface area contributed by atoms with E-state index in [0.29, 0.717) is 34.8 Å². The van der Waals surface area contributed by atoms with E-state index in [1.165, 1.54) is 18.4 Å². The molecule has 1 saturated heterocycles. The molecule has 176 valence electrons. The number of rotatable bonds is 8. The standard InChI is InChI=1S/C23H27N3O6S/c1-12(7-9-17(27)24-23-26-25-21(33-23)16-5-4-10-31-16)6-8-14-19(28)18-15(11-32-22(18)29)13(2)20(14)30-3/h6,16,28H,4-5,7-11H2,1-3H3,(H,24,26,27)/b12-6+/t16-/m0/s1. The number of amides is 1. The van der Waals surface area contributed by atoms with Crippen molar-refractivity contribution in [1.29, 1.82) is 0 Å². The second-order valence-corrected chi connectivity index (χ2v) is 9.17. The van der Waals surface area contributed by atoms with Crippen LogP contribution in [0.1, 0.15) is 70.8 Å². The van der Waals surface area contributed by atoms with Crippen molar-refractivity contribution < 1.29 is 28.9 Å². The Bertz CT molecular complexity index is 1100. The van der Waals surface area contributed by atoms with E-state index in [1.54, 1.807) is 0 Å². The van der Waals surface area contributed by atoms with Crippen LogP contribution in [0.4, 0.5) is 5.13 Å². The number of benzene rings is 1. The predicted molar refractivity (Wildman–Crippen MR) is 122 cm³/mol. The minimum Gasteiger partial charge on any atom is -0.507 e. The van der Waals surface area contributed by atoms with Crippen molar-refractivity contribution in [3.8, 4) is 11.5 Å². The third-order valence-corrected chi connectivity index (χ3v) is 6.87. The van der Waals surface area contributed by atoms with Gasteiger partial charge in [0.05, 0.1) is 7.11 Å². The molecule has 1 aromatic heterocycles. The maximum Gasteiger partial charge on any atom is 0.342 e. The van der Waals surface area contributed by atoms with Gasteiger partial charge in [0.15, 0.2) is 0 Å². The van der Waals surface area contributed by atoms with Crippen molar-refractivity contribution in [3.63, 3.8) is 0 Å². The molecule has 2 aromatic rings. The maximum atomic E-state index is 12.3. The number of cyclic esters (lactones) is 1. The molecule has 4 rings (SSSR count). The highest BCUT2D eigenvalue weighted by Gasteiger charge is 2.31. The zero-order chi connectivity index (χ0) is 23.5. The summed E-state index contributed by atoms with van der Waals surface area (Å²) in [6.07, 6.45) is 5.04. The van der Waals surface area contributed by atoms with Gasteiger partial charge in [0.1, 0.15) is 34.8 Å². The lowest BCUT2D eigenvalue weighted by Gasteiger charge is -2.15. The Kier molecular flexibility index (Phi) is 6.94. The minimum atomic E-state index is -0.522. The lowest BCUT2D eigenvalue weighted by molar-refractivity contribution is -0.116. The molecule has 9 nitrogen and oxygen atoms in total. The van der Waals surface area contributed by atoms with Gasteiger partial charge in [0.25, 0.3) is 0 Å². The third-order valence-electron chi connectivity index (χ3n) is 5.94. The largest absolute Gasteiger partial charge is 0.507 e. The number of phenolic OH excluding ortho intramolecular Hbond substituents is 1. The minimum absolute atomic E-state index is 0.0172. The highest BCUT2D eigenvalue weighted by Crippen LogP contribution is 2.42. The van der Waals surface area contributed by atoms with Crippen LogP contribution >= 0.6 is 11.3 Å². The fourth-order valence-corrected chi connectivity index (χ4v) is 4.93. The third kappa shape index (κ3) is 4.86. The molecule has 2 aliphatic rings. The summed E-state index contributed by atoms with van der Waals surface area (Å²) in [4.78, 5) is 24.4. The Morgan fingerprint density at radius 3 is 2.91 bits per heavy atom.